The molecule has 2 heteroatoms. The first kappa shape index (κ1) is 9.22. The van der Waals surface area contributed by atoms with Gasteiger partial charge in [-0.2, -0.15) is 0 Å². The Hall–Kier alpha value is -0.340. The van der Waals surface area contributed by atoms with Crippen LogP contribution in [-0.4, -0.2) is 0 Å². The molecule has 0 aliphatic heterocycles. The van der Waals surface area contributed by atoms with Gasteiger partial charge in [-0.15, -0.1) is 11.3 Å². The highest BCUT2D eigenvalue weighted by molar-refractivity contribution is 9.08. The standard InChI is InChI=1S/C11H11BrS/c1-7-6-13-10-4-3-9(5-12)8(2)11(7)10/h3-4,6H,5H2,1-2H3. The number of hydrogen-bond donors (Lipinski definition) is 0. The van der Waals surface area contributed by atoms with Crippen LogP contribution in [0.3, 0.4) is 0 Å². The fraction of sp³-hybridized carbons (Fsp3) is 0.273. The second-order valence-corrected chi connectivity index (χ2v) is 4.75. The second kappa shape index (κ2) is 3.43. The molecule has 0 saturated heterocycles. The maximum absolute atomic E-state index is 3.51. The molecule has 0 bridgehead atoms. The van der Waals surface area contributed by atoms with Gasteiger partial charge in [0.1, 0.15) is 0 Å². The molecule has 13 heavy (non-hydrogen) atoms. The van der Waals surface area contributed by atoms with Crippen molar-refractivity contribution in [1.29, 1.82) is 0 Å². The molecule has 1 aromatic heterocycles. The number of halogens is 1. The summed E-state index contributed by atoms with van der Waals surface area (Å²) in [5.74, 6) is 0. The van der Waals surface area contributed by atoms with Gasteiger partial charge in [-0.1, -0.05) is 22.0 Å². The van der Waals surface area contributed by atoms with Gasteiger partial charge >= 0.3 is 0 Å². The molecule has 0 fully saturated rings. The molecule has 0 saturated carbocycles. The number of thiophene rings is 1. The monoisotopic (exact) mass is 254 g/mol. The van der Waals surface area contributed by atoms with Crippen molar-refractivity contribution >= 4 is 37.4 Å². The predicted octanol–water partition coefficient (Wildman–Crippen LogP) is 4.41. The third-order valence-corrected chi connectivity index (χ3v) is 4.11. The molecule has 0 radical (unpaired) electrons. The van der Waals surface area contributed by atoms with E-state index >= 15 is 0 Å². The Morgan fingerprint density at radius 3 is 2.77 bits per heavy atom. The quantitative estimate of drug-likeness (QED) is 0.662. The van der Waals surface area contributed by atoms with Crippen LogP contribution >= 0.6 is 27.3 Å². The van der Waals surface area contributed by atoms with Crippen LogP contribution in [0, 0.1) is 13.8 Å². The molecular formula is C11H11BrS. The van der Waals surface area contributed by atoms with Crippen LogP contribution in [0.1, 0.15) is 16.7 Å². The summed E-state index contributed by atoms with van der Waals surface area (Å²) in [6, 6.07) is 4.43. The van der Waals surface area contributed by atoms with Gasteiger partial charge in [-0.05, 0) is 47.4 Å². The van der Waals surface area contributed by atoms with E-state index in [2.05, 4.69) is 47.3 Å². The van der Waals surface area contributed by atoms with E-state index in [1.807, 2.05) is 11.3 Å². The summed E-state index contributed by atoms with van der Waals surface area (Å²) in [7, 11) is 0. The van der Waals surface area contributed by atoms with E-state index < -0.39 is 0 Å². The minimum absolute atomic E-state index is 0.948. The van der Waals surface area contributed by atoms with Crippen LogP contribution < -0.4 is 0 Å². The molecule has 68 valence electrons. The summed E-state index contributed by atoms with van der Waals surface area (Å²) in [5, 5.41) is 4.63. The van der Waals surface area contributed by atoms with Crippen LogP contribution in [0.2, 0.25) is 0 Å². The van der Waals surface area contributed by atoms with Gasteiger partial charge in [0.05, 0.1) is 0 Å². The summed E-state index contributed by atoms with van der Waals surface area (Å²) in [6.07, 6.45) is 0. The number of fused-ring (bicyclic) bond motifs is 1. The Morgan fingerprint density at radius 1 is 1.31 bits per heavy atom. The van der Waals surface area contributed by atoms with E-state index in [1.165, 1.54) is 26.8 Å². The molecule has 0 spiro atoms. The summed E-state index contributed by atoms with van der Waals surface area (Å²) in [6.45, 7) is 4.39. The van der Waals surface area contributed by atoms with E-state index in [4.69, 9.17) is 0 Å². The molecule has 0 amide bonds. The van der Waals surface area contributed by atoms with Crippen molar-refractivity contribution < 1.29 is 0 Å². The van der Waals surface area contributed by atoms with E-state index in [9.17, 15) is 0 Å². The summed E-state index contributed by atoms with van der Waals surface area (Å²) in [5.41, 5.74) is 4.22. The van der Waals surface area contributed by atoms with Crippen molar-refractivity contribution in [3.63, 3.8) is 0 Å². The summed E-state index contributed by atoms with van der Waals surface area (Å²) in [4.78, 5) is 0. The first-order chi connectivity index (χ1) is 6.24. The van der Waals surface area contributed by atoms with Crippen LogP contribution in [0.5, 0.6) is 0 Å². The molecule has 0 aliphatic rings. The summed E-state index contributed by atoms with van der Waals surface area (Å²) < 4.78 is 1.40. The van der Waals surface area contributed by atoms with E-state index in [-0.39, 0.29) is 0 Å². The summed E-state index contributed by atoms with van der Waals surface area (Å²) >= 11 is 5.34. The number of rotatable bonds is 1. The Balaban J connectivity index is 2.83. The normalized spacial score (nSPS) is 11.0. The molecule has 1 aromatic carbocycles. The lowest BCUT2D eigenvalue weighted by Gasteiger charge is -2.04. The number of benzene rings is 1. The third-order valence-electron chi connectivity index (χ3n) is 2.44. The fourth-order valence-electron chi connectivity index (χ4n) is 1.67. The van der Waals surface area contributed by atoms with Crippen LogP contribution in [0.25, 0.3) is 10.1 Å². The maximum Gasteiger partial charge on any atom is 0.0348 e. The molecule has 0 atom stereocenters. The van der Waals surface area contributed by atoms with Gasteiger partial charge in [0.2, 0.25) is 0 Å². The molecule has 0 aliphatic carbocycles. The van der Waals surface area contributed by atoms with E-state index in [1.54, 1.807) is 0 Å². The van der Waals surface area contributed by atoms with Crippen molar-refractivity contribution in [3.05, 3.63) is 34.2 Å². The van der Waals surface area contributed by atoms with Crippen molar-refractivity contribution in [2.45, 2.75) is 19.2 Å². The van der Waals surface area contributed by atoms with Gasteiger partial charge in [0.25, 0.3) is 0 Å². The highest BCUT2D eigenvalue weighted by Gasteiger charge is 2.06. The maximum atomic E-state index is 3.51. The van der Waals surface area contributed by atoms with Gasteiger partial charge in [-0.3, -0.25) is 0 Å². The lowest BCUT2D eigenvalue weighted by molar-refractivity contribution is 1.35. The molecule has 2 rings (SSSR count). The molecule has 1 heterocycles. The minimum Gasteiger partial charge on any atom is -0.144 e. The molecule has 2 aromatic rings. The largest absolute Gasteiger partial charge is 0.144 e. The number of hydrogen-bond acceptors (Lipinski definition) is 1. The Bertz CT molecular complexity index is 443. The Labute approximate surface area is 90.7 Å². The van der Waals surface area contributed by atoms with Crippen molar-refractivity contribution in [2.75, 3.05) is 0 Å². The van der Waals surface area contributed by atoms with Crippen molar-refractivity contribution in [3.8, 4) is 0 Å². The minimum atomic E-state index is 0.948. The number of aryl methyl sites for hydroxylation is 2. The van der Waals surface area contributed by atoms with Crippen LogP contribution in [-0.2, 0) is 5.33 Å². The highest BCUT2D eigenvalue weighted by Crippen LogP contribution is 2.30. The average molecular weight is 255 g/mol. The second-order valence-electron chi connectivity index (χ2n) is 3.28. The lowest BCUT2D eigenvalue weighted by atomic mass is 10.0. The zero-order chi connectivity index (χ0) is 9.42. The van der Waals surface area contributed by atoms with Crippen LogP contribution in [0.4, 0.5) is 0 Å². The highest BCUT2D eigenvalue weighted by atomic mass is 79.9. The topological polar surface area (TPSA) is 0 Å². The SMILES string of the molecule is Cc1csc2ccc(CBr)c(C)c12. The molecular weight excluding hydrogens is 244 g/mol. The third kappa shape index (κ3) is 1.42. The molecule has 0 N–H and O–H groups in total. The zero-order valence-electron chi connectivity index (χ0n) is 7.73. The molecule has 0 unspecified atom stereocenters. The van der Waals surface area contributed by atoms with Crippen molar-refractivity contribution in [2.24, 2.45) is 0 Å². The first-order valence-corrected chi connectivity index (χ1v) is 6.26. The fourth-order valence-corrected chi connectivity index (χ4v) is 3.28. The first-order valence-electron chi connectivity index (χ1n) is 4.26. The number of alkyl halides is 1. The van der Waals surface area contributed by atoms with E-state index in [0.717, 1.165) is 5.33 Å². The van der Waals surface area contributed by atoms with Gasteiger partial charge in [0.15, 0.2) is 0 Å². The zero-order valence-corrected chi connectivity index (χ0v) is 10.1. The van der Waals surface area contributed by atoms with Crippen molar-refractivity contribution in [1.82, 2.24) is 0 Å². The average Bonchev–Trinajstić information content (AvgIpc) is 2.49. The van der Waals surface area contributed by atoms with Crippen LogP contribution in [0.15, 0.2) is 17.5 Å². The Kier molecular flexibility index (Phi) is 2.43. The lowest BCUT2D eigenvalue weighted by Crippen LogP contribution is -1.85. The predicted molar refractivity (Wildman–Crippen MR) is 63.9 cm³/mol. The molecule has 0 nitrogen and oxygen atoms in total. The van der Waals surface area contributed by atoms with E-state index in [0.29, 0.717) is 0 Å². The smallest absolute Gasteiger partial charge is 0.0348 e. The Morgan fingerprint density at radius 2 is 2.08 bits per heavy atom. The van der Waals surface area contributed by atoms with Gasteiger partial charge < -0.3 is 0 Å². The van der Waals surface area contributed by atoms with Gasteiger partial charge in [0, 0.05) is 10.0 Å². The van der Waals surface area contributed by atoms with Gasteiger partial charge in [-0.25, -0.2) is 0 Å².